The monoisotopic (exact) mass is 339 g/mol. The van der Waals surface area contributed by atoms with E-state index in [0.717, 1.165) is 25.7 Å². The Balaban J connectivity index is 1.98. The molecule has 4 nitrogen and oxygen atoms in total. The molecule has 0 aliphatic heterocycles. The summed E-state index contributed by atoms with van der Waals surface area (Å²) in [6.45, 7) is 1.13. The van der Waals surface area contributed by atoms with Crippen LogP contribution in [0, 0.1) is 5.92 Å². The fourth-order valence-electron chi connectivity index (χ4n) is 2.91. The molecule has 0 bridgehead atoms. The minimum Gasteiger partial charge on any atom is -0.354 e. The largest absolute Gasteiger partial charge is 0.354 e. The lowest BCUT2D eigenvalue weighted by molar-refractivity contribution is -0.125. The summed E-state index contributed by atoms with van der Waals surface area (Å²) in [5.41, 5.74) is 13.9. The fraction of sp³-hybridized carbons (Fsp3) is 0.381. The van der Waals surface area contributed by atoms with E-state index in [4.69, 9.17) is 11.5 Å². The van der Waals surface area contributed by atoms with Crippen LogP contribution in [0.5, 0.6) is 0 Å². The van der Waals surface area contributed by atoms with Crippen LogP contribution in [0.2, 0.25) is 0 Å². The zero-order valence-corrected chi connectivity index (χ0v) is 14.7. The quantitative estimate of drug-likeness (QED) is 0.621. The summed E-state index contributed by atoms with van der Waals surface area (Å²) in [6.07, 6.45) is 3.16. The smallest absolute Gasteiger partial charge is 0.223 e. The minimum atomic E-state index is -0.105. The van der Waals surface area contributed by atoms with Gasteiger partial charge in [-0.15, -0.1) is 0 Å². The number of benzene rings is 2. The van der Waals surface area contributed by atoms with Crippen molar-refractivity contribution in [2.75, 3.05) is 13.1 Å². The number of nitrogens with two attached hydrogens (primary N) is 2. The molecule has 0 aromatic heterocycles. The van der Waals surface area contributed by atoms with Gasteiger partial charge in [-0.05, 0) is 43.4 Å². The number of hydrogen-bond acceptors (Lipinski definition) is 3. The van der Waals surface area contributed by atoms with Crippen LogP contribution in [0.4, 0.5) is 0 Å². The van der Waals surface area contributed by atoms with E-state index >= 15 is 0 Å². The van der Waals surface area contributed by atoms with E-state index in [9.17, 15) is 4.79 Å². The second kappa shape index (κ2) is 10.6. The highest BCUT2D eigenvalue weighted by Gasteiger charge is 2.20. The van der Waals surface area contributed by atoms with E-state index in [1.54, 1.807) is 0 Å². The van der Waals surface area contributed by atoms with E-state index in [1.165, 1.54) is 11.1 Å². The van der Waals surface area contributed by atoms with Crippen molar-refractivity contribution in [2.24, 2.45) is 17.4 Å². The van der Waals surface area contributed by atoms with Crippen LogP contribution in [-0.2, 0) is 17.6 Å². The van der Waals surface area contributed by atoms with Gasteiger partial charge in [-0.2, -0.15) is 0 Å². The average molecular weight is 339 g/mol. The Morgan fingerprint density at radius 2 is 1.44 bits per heavy atom. The summed E-state index contributed by atoms with van der Waals surface area (Å²) >= 11 is 0. The Labute approximate surface area is 150 Å². The minimum absolute atomic E-state index is 0.0402. The van der Waals surface area contributed by atoms with Gasteiger partial charge >= 0.3 is 0 Å². The molecule has 0 saturated heterocycles. The summed E-state index contributed by atoms with van der Waals surface area (Å²) in [4.78, 5) is 12.7. The Hall–Kier alpha value is -2.17. The number of hydrogen-bond donors (Lipinski definition) is 3. The van der Waals surface area contributed by atoms with Crippen LogP contribution in [-0.4, -0.2) is 25.0 Å². The Morgan fingerprint density at radius 1 is 0.920 bits per heavy atom. The van der Waals surface area contributed by atoms with Gasteiger partial charge < -0.3 is 16.8 Å². The maximum absolute atomic E-state index is 12.7. The molecule has 0 heterocycles. The first-order valence-corrected chi connectivity index (χ1v) is 9.00. The molecule has 1 atom stereocenters. The zero-order chi connectivity index (χ0) is 17.9. The van der Waals surface area contributed by atoms with Crippen LogP contribution in [0.3, 0.4) is 0 Å². The van der Waals surface area contributed by atoms with Crippen LogP contribution >= 0.6 is 0 Å². The van der Waals surface area contributed by atoms with Crippen molar-refractivity contribution in [1.82, 2.24) is 5.32 Å². The summed E-state index contributed by atoms with van der Waals surface area (Å²) in [5.74, 6) is -0.0394. The summed E-state index contributed by atoms with van der Waals surface area (Å²) in [7, 11) is 0. The third kappa shape index (κ3) is 7.08. The third-order valence-electron chi connectivity index (χ3n) is 4.34. The first kappa shape index (κ1) is 19.2. The van der Waals surface area contributed by atoms with E-state index in [-0.39, 0.29) is 17.9 Å². The molecule has 0 aliphatic rings. The normalized spacial score (nSPS) is 12.1. The lowest BCUT2D eigenvalue weighted by Crippen LogP contribution is -2.41. The van der Waals surface area contributed by atoms with E-state index in [2.05, 4.69) is 29.6 Å². The molecule has 2 aromatic rings. The summed E-state index contributed by atoms with van der Waals surface area (Å²) < 4.78 is 0. The molecule has 1 amide bonds. The van der Waals surface area contributed by atoms with E-state index < -0.39 is 0 Å². The number of carbonyl (C=O) groups excluding carboxylic acids is 1. The fourth-order valence-corrected chi connectivity index (χ4v) is 2.91. The Morgan fingerprint density at radius 3 is 1.92 bits per heavy atom. The summed E-state index contributed by atoms with van der Waals surface area (Å²) in [5, 5.41) is 3.03. The molecular formula is C21H29N3O. The number of carbonyl (C=O) groups is 1. The van der Waals surface area contributed by atoms with Gasteiger partial charge in [0.05, 0.1) is 0 Å². The summed E-state index contributed by atoms with van der Waals surface area (Å²) in [6, 6.07) is 20.3. The van der Waals surface area contributed by atoms with Crippen molar-refractivity contribution in [2.45, 2.75) is 31.7 Å². The molecular weight excluding hydrogens is 310 g/mol. The van der Waals surface area contributed by atoms with Crippen molar-refractivity contribution >= 4 is 5.91 Å². The first-order valence-electron chi connectivity index (χ1n) is 9.00. The molecule has 2 rings (SSSR count). The van der Waals surface area contributed by atoms with E-state index in [1.807, 2.05) is 36.4 Å². The Bertz CT molecular complexity index is 574. The molecule has 0 aliphatic carbocycles. The van der Waals surface area contributed by atoms with Gasteiger partial charge in [-0.25, -0.2) is 0 Å². The SMILES string of the molecule is NCCC[C@H](N)CNC(=O)C(Cc1ccccc1)Cc1ccccc1. The van der Waals surface area contributed by atoms with Gasteiger partial charge in [0.15, 0.2) is 0 Å². The van der Waals surface area contributed by atoms with Gasteiger partial charge in [0.2, 0.25) is 5.91 Å². The number of amides is 1. The van der Waals surface area contributed by atoms with Gasteiger partial charge in [0.1, 0.15) is 0 Å². The average Bonchev–Trinajstić information content (AvgIpc) is 2.65. The van der Waals surface area contributed by atoms with E-state index in [0.29, 0.717) is 13.1 Å². The van der Waals surface area contributed by atoms with Gasteiger partial charge in [0.25, 0.3) is 0 Å². The molecule has 25 heavy (non-hydrogen) atoms. The highest BCUT2D eigenvalue weighted by Crippen LogP contribution is 2.15. The molecule has 0 saturated carbocycles. The first-order chi connectivity index (χ1) is 12.2. The van der Waals surface area contributed by atoms with Gasteiger partial charge in [0, 0.05) is 18.5 Å². The van der Waals surface area contributed by atoms with Crippen molar-refractivity contribution in [1.29, 1.82) is 0 Å². The maximum atomic E-state index is 12.7. The second-order valence-electron chi connectivity index (χ2n) is 6.51. The van der Waals surface area contributed by atoms with Crippen LogP contribution in [0.15, 0.2) is 60.7 Å². The molecule has 0 spiro atoms. The van der Waals surface area contributed by atoms with Crippen LogP contribution in [0.25, 0.3) is 0 Å². The van der Waals surface area contributed by atoms with Crippen LogP contribution in [0.1, 0.15) is 24.0 Å². The number of rotatable bonds is 10. The molecule has 0 unspecified atom stereocenters. The maximum Gasteiger partial charge on any atom is 0.223 e. The van der Waals surface area contributed by atoms with Crippen molar-refractivity contribution in [3.63, 3.8) is 0 Å². The Kier molecular flexibility index (Phi) is 8.16. The third-order valence-corrected chi connectivity index (χ3v) is 4.34. The second-order valence-corrected chi connectivity index (χ2v) is 6.51. The van der Waals surface area contributed by atoms with Gasteiger partial charge in [-0.3, -0.25) is 4.79 Å². The molecule has 0 fully saturated rings. The lowest BCUT2D eigenvalue weighted by Gasteiger charge is -2.19. The predicted octanol–water partition coefficient (Wildman–Crippen LogP) is 2.27. The molecule has 134 valence electrons. The van der Waals surface area contributed by atoms with Crippen molar-refractivity contribution < 1.29 is 4.79 Å². The molecule has 5 N–H and O–H groups in total. The standard InChI is InChI=1S/C21H29N3O/c22-13-7-12-20(23)16-24-21(25)19(14-17-8-3-1-4-9-17)15-18-10-5-2-6-11-18/h1-6,8-11,19-20H,7,12-16,22-23H2,(H,24,25)/t20-/m0/s1. The van der Waals surface area contributed by atoms with Gasteiger partial charge in [-0.1, -0.05) is 60.7 Å². The van der Waals surface area contributed by atoms with Crippen molar-refractivity contribution in [3.8, 4) is 0 Å². The predicted molar refractivity (Wildman–Crippen MR) is 103 cm³/mol. The van der Waals surface area contributed by atoms with Crippen LogP contribution < -0.4 is 16.8 Å². The highest BCUT2D eigenvalue weighted by atomic mass is 16.1. The zero-order valence-electron chi connectivity index (χ0n) is 14.7. The topological polar surface area (TPSA) is 81.1 Å². The number of nitrogens with one attached hydrogen (secondary N) is 1. The molecule has 2 aromatic carbocycles. The lowest BCUT2D eigenvalue weighted by atomic mass is 9.91. The van der Waals surface area contributed by atoms with Crippen molar-refractivity contribution in [3.05, 3.63) is 71.8 Å². The highest BCUT2D eigenvalue weighted by molar-refractivity contribution is 5.79. The molecule has 4 heteroatoms. The molecule has 0 radical (unpaired) electrons.